The summed E-state index contributed by atoms with van der Waals surface area (Å²) in [5, 5.41) is 9.63. The van der Waals surface area contributed by atoms with Gasteiger partial charge in [-0.2, -0.15) is 5.11 Å². The molecule has 0 aliphatic heterocycles. The lowest BCUT2D eigenvalue weighted by atomic mass is 10.2. The van der Waals surface area contributed by atoms with Crippen molar-refractivity contribution in [2.75, 3.05) is 6.61 Å². The molecule has 1 heterocycles. The third-order valence-electron chi connectivity index (χ3n) is 3.53. The third kappa shape index (κ3) is 3.13. The molecule has 5 nitrogen and oxygen atoms in total. The van der Waals surface area contributed by atoms with Crippen LogP contribution in [0.4, 0.5) is 11.4 Å². The minimum absolute atomic E-state index is 0.329. The minimum atomic E-state index is -0.329. The van der Waals surface area contributed by atoms with Crippen LogP contribution in [0.5, 0.6) is 0 Å². The molecule has 0 fully saturated rings. The van der Waals surface area contributed by atoms with Crippen LogP contribution in [0.3, 0.4) is 0 Å². The van der Waals surface area contributed by atoms with Gasteiger partial charge < -0.3 is 9.30 Å². The zero-order chi connectivity index (χ0) is 16.2. The number of esters is 1. The Kier molecular flexibility index (Phi) is 4.19. The van der Waals surface area contributed by atoms with Crippen LogP contribution in [0.25, 0.3) is 10.9 Å². The summed E-state index contributed by atoms with van der Waals surface area (Å²) >= 11 is 0. The number of para-hydroxylation sites is 1. The van der Waals surface area contributed by atoms with Gasteiger partial charge in [0.2, 0.25) is 0 Å². The highest BCUT2D eigenvalue weighted by Gasteiger charge is 2.06. The Hall–Kier alpha value is -2.95. The molecule has 0 unspecified atom stereocenters. The summed E-state index contributed by atoms with van der Waals surface area (Å²) in [4.78, 5) is 11.6. The van der Waals surface area contributed by atoms with E-state index in [1.54, 1.807) is 31.2 Å². The number of nitrogens with zero attached hydrogens (tertiary/aromatic N) is 3. The molecule has 116 valence electrons. The number of aromatic nitrogens is 1. The molecular weight excluding hydrogens is 290 g/mol. The van der Waals surface area contributed by atoms with Crippen molar-refractivity contribution in [3.63, 3.8) is 0 Å². The number of carbonyl (C=O) groups is 1. The first-order valence-electron chi connectivity index (χ1n) is 7.42. The van der Waals surface area contributed by atoms with Crippen molar-refractivity contribution in [3.05, 3.63) is 60.3 Å². The van der Waals surface area contributed by atoms with Crippen molar-refractivity contribution in [2.24, 2.45) is 17.3 Å². The second-order valence-corrected chi connectivity index (χ2v) is 5.11. The quantitative estimate of drug-likeness (QED) is 0.515. The first-order chi connectivity index (χ1) is 11.2. The Labute approximate surface area is 134 Å². The molecule has 0 atom stereocenters. The van der Waals surface area contributed by atoms with Crippen LogP contribution in [-0.4, -0.2) is 17.1 Å². The van der Waals surface area contributed by atoms with E-state index in [1.807, 2.05) is 42.1 Å². The van der Waals surface area contributed by atoms with Crippen LogP contribution in [0.2, 0.25) is 0 Å². The maximum Gasteiger partial charge on any atom is 0.338 e. The standard InChI is InChI=1S/C18H17N3O2/c1-3-23-18(22)13-8-10-14(11-9-13)19-20-16-12-21(2)17-7-5-4-6-15(16)17/h4-12H,3H2,1-2H3. The van der Waals surface area contributed by atoms with Crippen molar-refractivity contribution in [3.8, 4) is 0 Å². The van der Waals surface area contributed by atoms with Gasteiger partial charge >= 0.3 is 5.97 Å². The summed E-state index contributed by atoms with van der Waals surface area (Å²) in [6, 6.07) is 14.9. The zero-order valence-corrected chi connectivity index (χ0v) is 13.1. The molecule has 0 bridgehead atoms. The highest BCUT2D eigenvalue weighted by molar-refractivity contribution is 5.91. The Bertz CT molecular complexity index is 864. The molecule has 0 radical (unpaired) electrons. The lowest BCUT2D eigenvalue weighted by Gasteiger charge is -2.01. The fraction of sp³-hybridized carbons (Fsp3) is 0.167. The van der Waals surface area contributed by atoms with Gasteiger partial charge in [0.15, 0.2) is 0 Å². The van der Waals surface area contributed by atoms with Crippen molar-refractivity contribution < 1.29 is 9.53 Å². The van der Waals surface area contributed by atoms with E-state index in [-0.39, 0.29) is 5.97 Å². The highest BCUT2D eigenvalue weighted by Crippen LogP contribution is 2.29. The first-order valence-corrected chi connectivity index (χ1v) is 7.42. The normalized spacial score (nSPS) is 11.2. The van der Waals surface area contributed by atoms with Crippen LogP contribution >= 0.6 is 0 Å². The molecule has 0 saturated heterocycles. The summed E-state index contributed by atoms with van der Waals surface area (Å²) < 4.78 is 6.97. The van der Waals surface area contributed by atoms with E-state index >= 15 is 0 Å². The molecular formula is C18H17N3O2. The summed E-state index contributed by atoms with van der Waals surface area (Å²) in [6.07, 6.45) is 1.95. The average Bonchev–Trinajstić information content (AvgIpc) is 2.90. The minimum Gasteiger partial charge on any atom is -0.462 e. The number of azo groups is 1. The average molecular weight is 307 g/mol. The number of ether oxygens (including phenoxy) is 1. The monoisotopic (exact) mass is 307 g/mol. The molecule has 3 aromatic rings. The second kappa shape index (κ2) is 6.44. The molecule has 0 aliphatic rings. The first kappa shape index (κ1) is 15.0. The molecule has 2 aromatic carbocycles. The number of aryl methyl sites for hydroxylation is 1. The smallest absolute Gasteiger partial charge is 0.338 e. The number of carbonyl (C=O) groups excluding carboxylic acids is 1. The number of fused-ring (bicyclic) bond motifs is 1. The molecule has 3 rings (SSSR count). The predicted octanol–water partition coefficient (Wildman–Crippen LogP) is 4.77. The van der Waals surface area contributed by atoms with E-state index in [9.17, 15) is 4.79 Å². The van der Waals surface area contributed by atoms with E-state index in [4.69, 9.17) is 4.74 Å². The Balaban J connectivity index is 1.83. The molecule has 0 aliphatic carbocycles. The number of rotatable bonds is 4. The maximum atomic E-state index is 11.6. The van der Waals surface area contributed by atoms with Crippen LogP contribution in [0.15, 0.2) is 65.0 Å². The van der Waals surface area contributed by atoms with Crippen LogP contribution in [0.1, 0.15) is 17.3 Å². The Morgan fingerprint density at radius 1 is 1.09 bits per heavy atom. The summed E-state index contributed by atoms with van der Waals surface area (Å²) in [5.41, 5.74) is 3.12. The molecule has 23 heavy (non-hydrogen) atoms. The molecule has 0 N–H and O–H groups in total. The number of hydrogen-bond acceptors (Lipinski definition) is 4. The van der Waals surface area contributed by atoms with Gasteiger partial charge in [-0.25, -0.2) is 4.79 Å². The van der Waals surface area contributed by atoms with Gasteiger partial charge in [-0.1, -0.05) is 18.2 Å². The van der Waals surface area contributed by atoms with E-state index in [0.29, 0.717) is 17.9 Å². The SMILES string of the molecule is CCOC(=O)c1ccc(N=Nc2cn(C)c3ccccc23)cc1. The largest absolute Gasteiger partial charge is 0.462 e. The van der Waals surface area contributed by atoms with Crippen molar-refractivity contribution in [1.29, 1.82) is 0 Å². The lowest BCUT2D eigenvalue weighted by molar-refractivity contribution is 0.0526. The Morgan fingerprint density at radius 2 is 1.83 bits per heavy atom. The van der Waals surface area contributed by atoms with Crippen LogP contribution in [0, 0.1) is 0 Å². The predicted molar refractivity (Wildman–Crippen MR) is 89.5 cm³/mol. The fourth-order valence-corrected chi connectivity index (χ4v) is 2.39. The maximum absolute atomic E-state index is 11.6. The van der Waals surface area contributed by atoms with Crippen LogP contribution < -0.4 is 0 Å². The topological polar surface area (TPSA) is 55.9 Å². The molecule has 1 aromatic heterocycles. The highest BCUT2D eigenvalue weighted by atomic mass is 16.5. The van der Waals surface area contributed by atoms with E-state index in [0.717, 1.165) is 16.6 Å². The van der Waals surface area contributed by atoms with Gasteiger partial charge in [-0.15, -0.1) is 5.11 Å². The summed E-state index contributed by atoms with van der Waals surface area (Å²) in [5.74, 6) is -0.329. The van der Waals surface area contributed by atoms with Crippen molar-refractivity contribution in [2.45, 2.75) is 6.92 Å². The van der Waals surface area contributed by atoms with E-state index < -0.39 is 0 Å². The van der Waals surface area contributed by atoms with Gasteiger partial charge in [0.25, 0.3) is 0 Å². The molecule has 0 saturated carbocycles. The van der Waals surface area contributed by atoms with Gasteiger partial charge in [0.05, 0.1) is 23.4 Å². The van der Waals surface area contributed by atoms with Crippen molar-refractivity contribution >= 4 is 28.2 Å². The molecule has 5 heteroatoms. The number of benzene rings is 2. The van der Waals surface area contributed by atoms with Gasteiger partial charge in [0.1, 0.15) is 5.69 Å². The Morgan fingerprint density at radius 3 is 2.57 bits per heavy atom. The van der Waals surface area contributed by atoms with Gasteiger partial charge in [-0.05, 0) is 37.3 Å². The van der Waals surface area contributed by atoms with E-state index in [2.05, 4.69) is 10.2 Å². The number of hydrogen-bond donors (Lipinski definition) is 0. The molecule has 0 amide bonds. The summed E-state index contributed by atoms with van der Waals surface area (Å²) in [7, 11) is 1.98. The molecule has 0 spiro atoms. The van der Waals surface area contributed by atoms with E-state index in [1.165, 1.54) is 0 Å². The summed E-state index contributed by atoms with van der Waals surface area (Å²) in [6.45, 7) is 2.14. The van der Waals surface area contributed by atoms with Crippen LogP contribution in [-0.2, 0) is 11.8 Å². The fourth-order valence-electron chi connectivity index (χ4n) is 2.39. The van der Waals surface area contributed by atoms with Gasteiger partial charge in [-0.3, -0.25) is 0 Å². The third-order valence-corrected chi connectivity index (χ3v) is 3.53. The lowest BCUT2D eigenvalue weighted by Crippen LogP contribution is -2.03. The zero-order valence-electron chi connectivity index (χ0n) is 13.1. The second-order valence-electron chi connectivity index (χ2n) is 5.11. The van der Waals surface area contributed by atoms with Crippen molar-refractivity contribution in [1.82, 2.24) is 4.57 Å². The van der Waals surface area contributed by atoms with Gasteiger partial charge in [0, 0.05) is 18.6 Å².